The first-order valence-electron chi connectivity index (χ1n) is 7.98. The van der Waals surface area contributed by atoms with Crippen LogP contribution in [0.1, 0.15) is 64.7 Å². The molecule has 106 valence electrons. The molecule has 1 N–H and O–H groups in total. The molecule has 0 aromatic carbocycles. The molecule has 4 unspecified atom stereocenters. The predicted molar refractivity (Wildman–Crippen MR) is 78.5 cm³/mol. The first-order chi connectivity index (χ1) is 9.24. The van der Waals surface area contributed by atoms with E-state index >= 15 is 0 Å². The van der Waals surface area contributed by atoms with E-state index in [0.717, 1.165) is 31.1 Å². The van der Waals surface area contributed by atoms with Gasteiger partial charge < -0.3 is 5.32 Å². The average Bonchev–Trinajstić information content (AvgIpc) is 2.46. The van der Waals surface area contributed by atoms with Gasteiger partial charge in [0.2, 0.25) is 5.91 Å². The summed E-state index contributed by atoms with van der Waals surface area (Å²) in [5.41, 5.74) is 0. The molecule has 2 aliphatic carbocycles. The van der Waals surface area contributed by atoms with Crippen LogP contribution >= 0.6 is 0 Å². The van der Waals surface area contributed by atoms with Crippen molar-refractivity contribution in [3.05, 3.63) is 0 Å². The second-order valence-electron chi connectivity index (χ2n) is 6.34. The normalized spacial score (nSPS) is 31.9. The Morgan fingerprint density at radius 3 is 2.68 bits per heavy atom. The summed E-state index contributed by atoms with van der Waals surface area (Å²) in [6, 6.07) is 0.168. The van der Waals surface area contributed by atoms with Crippen molar-refractivity contribution in [3.63, 3.8) is 0 Å². The summed E-state index contributed by atoms with van der Waals surface area (Å²) in [5, 5.41) is 3.15. The van der Waals surface area contributed by atoms with E-state index in [1.54, 1.807) is 0 Å². The van der Waals surface area contributed by atoms with Crippen molar-refractivity contribution >= 4 is 5.91 Å². The zero-order valence-electron chi connectivity index (χ0n) is 12.2. The minimum atomic E-state index is 0.168. The first kappa shape index (κ1) is 14.4. The van der Waals surface area contributed by atoms with E-state index in [4.69, 9.17) is 6.42 Å². The van der Waals surface area contributed by atoms with Crippen LogP contribution in [0.3, 0.4) is 0 Å². The van der Waals surface area contributed by atoms with E-state index in [9.17, 15) is 4.79 Å². The molecule has 0 aliphatic heterocycles. The maximum Gasteiger partial charge on any atom is 0.223 e. The summed E-state index contributed by atoms with van der Waals surface area (Å²) in [5.74, 6) is 4.87. The predicted octanol–water partition coefficient (Wildman–Crippen LogP) is 3.51. The lowest BCUT2D eigenvalue weighted by Gasteiger charge is -2.39. The van der Waals surface area contributed by atoms with Gasteiger partial charge in [0, 0.05) is 18.4 Å². The molecule has 0 saturated heterocycles. The maximum absolute atomic E-state index is 12.3. The van der Waals surface area contributed by atoms with Gasteiger partial charge in [-0.05, 0) is 37.5 Å². The molecule has 0 spiro atoms. The lowest BCUT2D eigenvalue weighted by Crippen LogP contribution is -2.41. The zero-order chi connectivity index (χ0) is 13.7. The van der Waals surface area contributed by atoms with Crippen molar-refractivity contribution in [3.8, 4) is 12.3 Å². The van der Waals surface area contributed by atoms with Crippen LogP contribution in [-0.2, 0) is 4.79 Å². The van der Waals surface area contributed by atoms with Crippen LogP contribution < -0.4 is 5.32 Å². The Morgan fingerprint density at radius 2 is 2.00 bits per heavy atom. The van der Waals surface area contributed by atoms with E-state index in [1.165, 1.54) is 32.1 Å². The largest absolute Gasteiger partial charge is 0.352 e. The molecule has 0 aromatic heterocycles. The van der Waals surface area contributed by atoms with Crippen LogP contribution in [0.15, 0.2) is 0 Å². The Hall–Kier alpha value is -0.970. The van der Waals surface area contributed by atoms with Crippen molar-refractivity contribution in [1.82, 2.24) is 5.32 Å². The highest BCUT2D eigenvalue weighted by molar-refractivity contribution is 5.79. The summed E-state index contributed by atoms with van der Waals surface area (Å²) < 4.78 is 0. The van der Waals surface area contributed by atoms with Gasteiger partial charge in [-0.15, -0.1) is 12.3 Å². The Bertz CT molecular complexity index is 344. The number of nitrogens with one attached hydrogen (secondary N) is 1. The molecule has 4 atom stereocenters. The molecule has 2 fully saturated rings. The first-order valence-corrected chi connectivity index (χ1v) is 7.98. The van der Waals surface area contributed by atoms with E-state index in [0.29, 0.717) is 6.42 Å². The third kappa shape index (κ3) is 3.75. The second-order valence-corrected chi connectivity index (χ2v) is 6.34. The van der Waals surface area contributed by atoms with Gasteiger partial charge in [-0.3, -0.25) is 4.79 Å². The fraction of sp³-hybridized carbons (Fsp3) is 0.824. The van der Waals surface area contributed by atoms with Crippen LogP contribution in [0.25, 0.3) is 0 Å². The summed E-state index contributed by atoms with van der Waals surface area (Å²) in [7, 11) is 0. The van der Waals surface area contributed by atoms with Crippen LogP contribution in [0.4, 0.5) is 0 Å². The van der Waals surface area contributed by atoms with Gasteiger partial charge in [-0.25, -0.2) is 0 Å². The summed E-state index contributed by atoms with van der Waals surface area (Å²) in [4.78, 5) is 12.3. The number of terminal acetylenes is 1. The van der Waals surface area contributed by atoms with Gasteiger partial charge in [-0.1, -0.05) is 32.6 Å². The molecular formula is C17H27NO. The number of fused-ring (bicyclic) bond motifs is 1. The lowest BCUT2D eigenvalue weighted by molar-refractivity contribution is -0.128. The topological polar surface area (TPSA) is 29.1 Å². The second kappa shape index (κ2) is 6.98. The van der Waals surface area contributed by atoms with Gasteiger partial charge in [0.15, 0.2) is 0 Å². The number of carbonyl (C=O) groups excluding carboxylic acids is 1. The van der Waals surface area contributed by atoms with Crippen molar-refractivity contribution in [2.45, 2.75) is 70.8 Å². The molecule has 2 aliphatic rings. The molecule has 2 heteroatoms. The van der Waals surface area contributed by atoms with Crippen LogP contribution in [0.5, 0.6) is 0 Å². The molecule has 2 rings (SSSR count). The summed E-state index contributed by atoms with van der Waals surface area (Å²) in [6.07, 6.45) is 15.9. The molecular weight excluding hydrogens is 234 g/mol. The van der Waals surface area contributed by atoms with Crippen molar-refractivity contribution in [1.29, 1.82) is 0 Å². The monoisotopic (exact) mass is 261 g/mol. The standard InChI is InChI=1S/C17H27NO/c1-3-7-16(4-2)18-17(19)15-11-10-13-8-5-6-9-14(13)12-15/h1,13-16H,4-12H2,2H3,(H,18,19). The fourth-order valence-corrected chi connectivity index (χ4v) is 3.87. The third-order valence-electron chi connectivity index (χ3n) is 5.11. The molecule has 0 heterocycles. The quantitative estimate of drug-likeness (QED) is 0.771. The molecule has 1 amide bonds. The average molecular weight is 261 g/mol. The molecule has 19 heavy (non-hydrogen) atoms. The SMILES string of the molecule is C#CCC(CC)NC(=O)C1CCC2CCCCC2C1. The van der Waals surface area contributed by atoms with Crippen LogP contribution in [0.2, 0.25) is 0 Å². The van der Waals surface area contributed by atoms with Crippen molar-refractivity contribution in [2.75, 3.05) is 0 Å². The third-order valence-corrected chi connectivity index (χ3v) is 5.11. The lowest BCUT2D eigenvalue weighted by atomic mass is 9.67. The van der Waals surface area contributed by atoms with E-state index < -0.39 is 0 Å². The molecule has 2 nitrogen and oxygen atoms in total. The molecule has 2 saturated carbocycles. The van der Waals surface area contributed by atoms with E-state index in [1.807, 2.05) is 0 Å². The van der Waals surface area contributed by atoms with E-state index in [-0.39, 0.29) is 17.9 Å². The summed E-state index contributed by atoms with van der Waals surface area (Å²) in [6.45, 7) is 2.08. The van der Waals surface area contributed by atoms with Crippen molar-refractivity contribution < 1.29 is 4.79 Å². The van der Waals surface area contributed by atoms with Gasteiger partial charge in [0.05, 0.1) is 0 Å². The van der Waals surface area contributed by atoms with Gasteiger partial charge >= 0.3 is 0 Å². The fourth-order valence-electron chi connectivity index (χ4n) is 3.87. The highest BCUT2D eigenvalue weighted by Crippen LogP contribution is 2.42. The molecule has 0 aromatic rings. The Kier molecular flexibility index (Phi) is 5.31. The number of hydrogen-bond donors (Lipinski definition) is 1. The number of hydrogen-bond acceptors (Lipinski definition) is 1. The Labute approximate surface area is 117 Å². The number of carbonyl (C=O) groups is 1. The maximum atomic E-state index is 12.3. The zero-order valence-corrected chi connectivity index (χ0v) is 12.2. The Morgan fingerprint density at radius 1 is 1.26 bits per heavy atom. The van der Waals surface area contributed by atoms with Gasteiger partial charge in [-0.2, -0.15) is 0 Å². The van der Waals surface area contributed by atoms with Gasteiger partial charge in [0.1, 0.15) is 0 Å². The smallest absolute Gasteiger partial charge is 0.223 e. The minimum Gasteiger partial charge on any atom is -0.352 e. The van der Waals surface area contributed by atoms with Gasteiger partial charge in [0.25, 0.3) is 0 Å². The minimum absolute atomic E-state index is 0.168. The van der Waals surface area contributed by atoms with Crippen LogP contribution in [0, 0.1) is 30.1 Å². The number of amides is 1. The molecule has 0 bridgehead atoms. The molecule has 0 radical (unpaired) electrons. The number of rotatable bonds is 4. The van der Waals surface area contributed by atoms with Crippen LogP contribution in [-0.4, -0.2) is 11.9 Å². The van der Waals surface area contributed by atoms with E-state index in [2.05, 4.69) is 18.2 Å². The highest BCUT2D eigenvalue weighted by atomic mass is 16.1. The summed E-state index contributed by atoms with van der Waals surface area (Å²) >= 11 is 0. The Balaban J connectivity index is 1.84. The van der Waals surface area contributed by atoms with Crippen molar-refractivity contribution in [2.24, 2.45) is 17.8 Å². The highest BCUT2D eigenvalue weighted by Gasteiger charge is 2.35.